The highest BCUT2D eigenvalue weighted by Crippen LogP contribution is 2.22. The standard InChI is InChI=1S/C14H21NO4/c1-9-5-6-19-12(9)13(18)15-10(7-11(16)17)8-14(2,3)4/h5-6,10H,7-8H2,1-4H3,(H,15,18)(H,16,17). The van der Waals surface area contributed by atoms with Crippen LogP contribution in [0.5, 0.6) is 0 Å². The third-order valence-corrected chi connectivity index (χ3v) is 2.68. The molecule has 106 valence electrons. The van der Waals surface area contributed by atoms with Crippen molar-refractivity contribution >= 4 is 11.9 Å². The van der Waals surface area contributed by atoms with Crippen LogP contribution in [0.2, 0.25) is 0 Å². The average molecular weight is 267 g/mol. The first-order valence-corrected chi connectivity index (χ1v) is 6.26. The van der Waals surface area contributed by atoms with Crippen LogP contribution in [0.15, 0.2) is 16.7 Å². The second kappa shape index (κ2) is 5.91. The van der Waals surface area contributed by atoms with Crippen LogP contribution < -0.4 is 5.32 Å². The smallest absolute Gasteiger partial charge is 0.305 e. The molecule has 2 N–H and O–H groups in total. The van der Waals surface area contributed by atoms with Gasteiger partial charge in [-0.1, -0.05) is 20.8 Å². The zero-order valence-corrected chi connectivity index (χ0v) is 11.8. The number of carbonyl (C=O) groups excluding carboxylic acids is 1. The molecule has 1 heterocycles. The maximum atomic E-state index is 12.0. The molecule has 5 heteroatoms. The molecule has 1 aromatic rings. The second-order valence-corrected chi connectivity index (χ2v) is 5.97. The predicted octanol–water partition coefficient (Wildman–Crippen LogP) is 2.60. The van der Waals surface area contributed by atoms with Crippen molar-refractivity contribution in [2.24, 2.45) is 5.41 Å². The highest BCUT2D eigenvalue weighted by Gasteiger charge is 2.24. The van der Waals surface area contributed by atoms with Crippen molar-refractivity contribution in [3.63, 3.8) is 0 Å². The van der Waals surface area contributed by atoms with Gasteiger partial charge in [-0.05, 0) is 24.8 Å². The Kier molecular flexibility index (Phi) is 4.75. The Balaban J connectivity index is 2.74. The Morgan fingerprint density at radius 3 is 2.47 bits per heavy atom. The van der Waals surface area contributed by atoms with Crippen LogP contribution in [0.1, 0.15) is 49.7 Å². The van der Waals surface area contributed by atoms with Crippen LogP contribution in [0.4, 0.5) is 0 Å². The molecule has 1 atom stereocenters. The number of amides is 1. The summed E-state index contributed by atoms with van der Waals surface area (Å²) in [5.74, 6) is -1.05. The summed E-state index contributed by atoms with van der Waals surface area (Å²) in [4.78, 5) is 22.9. The molecule has 0 aliphatic heterocycles. The molecule has 1 aromatic heterocycles. The largest absolute Gasteiger partial charge is 0.481 e. The van der Waals surface area contributed by atoms with E-state index >= 15 is 0 Å². The third kappa shape index (κ3) is 5.16. The van der Waals surface area contributed by atoms with E-state index in [1.54, 1.807) is 13.0 Å². The first kappa shape index (κ1) is 15.3. The molecule has 5 nitrogen and oxygen atoms in total. The van der Waals surface area contributed by atoms with E-state index in [0.717, 1.165) is 5.56 Å². The van der Waals surface area contributed by atoms with Gasteiger partial charge in [0.2, 0.25) is 0 Å². The van der Waals surface area contributed by atoms with Crippen molar-refractivity contribution in [1.29, 1.82) is 0 Å². The van der Waals surface area contributed by atoms with E-state index < -0.39 is 12.0 Å². The number of hydrogen-bond acceptors (Lipinski definition) is 3. The van der Waals surface area contributed by atoms with E-state index in [4.69, 9.17) is 9.52 Å². The molecule has 1 unspecified atom stereocenters. The Morgan fingerprint density at radius 1 is 1.42 bits per heavy atom. The summed E-state index contributed by atoms with van der Waals surface area (Å²) in [6.45, 7) is 7.79. The lowest BCUT2D eigenvalue weighted by atomic mass is 9.87. The Labute approximate surface area is 113 Å². The maximum Gasteiger partial charge on any atom is 0.305 e. The van der Waals surface area contributed by atoms with Crippen LogP contribution in [0.3, 0.4) is 0 Å². The number of hydrogen-bond donors (Lipinski definition) is 2. The molecule has 1 rings (SSSR count). The van der Waals surface area contributed by atoms with Gasteiger partial charge >= 0.3 is 5.97 Å². The van der Waals surface area contributed by atoms with Crippen molar-refractivity contribution in [2.45, 2.75) is 46.6 Å². The lowest BCUT2D eigenvalue weighted by molar-refractivity contribution is -0.137. The van der Waals surface area contributed by atoms with Gasteiger partial charge in [0.05, 0.1) is 12.7 Å². The summed E-state index contributed by atoms with van der Waals surface area (Å²) in [6, 6.07) is 1.29. The van der Waals surface area contributed by atoms with E-state index in [1.165, 1.54) is 6.26 Å². The van der Waals surface area contributed by atoms with Crippen LogP contribution >= 0.6 is 0 Å². The Morgan fingerprint density at radius 2 is 2.05 bits per heavy atom. The summed E-state index contributed by atoms with van der Waals surface area (Å²) in [5, 5.41) is 11.6. The van der Waals surface area contributed by atoms with Gasteiger partial charge in [0.15, 0.2) is 5.76 Å². The molecule has 0 aliphatic rings. The molecule has 0 aliphatic carbocycles. The number of carbonyl (C=O) groups is 2. The molecule has 0 fully saturated rings. The highest BCUT2D eigenvalue weighted by molar-refractivity contribution is 5.93. The number of aliphatic carboxylic acids is 1. The summed E-state index contributed by atoms with van der Waals surface area (Å²) >= 11 is 0. The first-order valence-electron chi connectivity index (χ1n) is 6.26. The third-order valence-electron chi connectivity index (χ3n) is 2.68. The van der Waals surface area contributed by atoms with Gasteiger partial charge in [0.1, 0.15) is 0 Å². The number of aryl methyl sites for hydroxylation is 1. The average Bonchev–Trinajstić information content (AvgIpc) is 2.60. The van der Waals surface area contributed by atoms with Gasteiger partial charge in [-0.15, -0.1) is 0 Å². The SMILES string of the molecule is Cc1ccoc1C(=O)NC(CC(=O)O)CC(C)(C)C. The zero-order valence-electron chi connectivity index (χ0n) is 11.8. The number of nitrogens with one attached hydrogen (secondary N) is 1. The van der Waals surface area contributed by atoms with Crippen LogP contribution in [0.25, 0.3) is 0 Å². The normalized spacial score (nSPS) is 13.1. The fourth-order valence-corrected chi connectivity index (χ4v) is 1.98. The highest BCUT2D eigenvalue weighted by atomic mass is 16.4. The topological polar surface area (TPSA) is 79.5 Å². The van der Waals surface area contributed by atoms with Gasteiger partial charge < -0.3 is 14.8 Å². The van der Waals surface area contributed by atoms with E-state index in [1.807, 2.05) is 20.8 Å². The fraction of sp³-hybridized carbons (Fsp3) is 0.571. The van der Waals surface area contributed by atoms with Gasteiger partial charge in [-0.25, -0.2) is 0 Å². The molecule has 0 bridgehead atoms. The van der Waals surface area contributed by atoms with Crippen molar-refractivity contribution < 1.29 is 19.1 Å². The van der Waals surface area contributed by atoms with E-state index in [0.29, 0.717) is 6.42 Å². The maximum absolute atomic E-state index is 12.0. The number of furan rings is 1. The van der Waals surface area contributed by atoms with Gasteiger partial charge in [-0.3, -0.25) is 9.59 Å². The van der Waals surface area contributed by atoms with Crippen LogP contribution in [-0.2, 0) is 4.79 Å². The lowest BCUT2D eigenvalue weighted by Crippen LogP contribution is -2.39. The van der Waals surface area contributed by atoms with Crippen LogP contribution in [-0.4, -0.2) is 23.0 Å². The molecular weight excluding hydrogens is 246 g/mol. The molecule has 0 aromatic carbocycles. The molecular formula is C14H21NO4. The lowest BCUT2D eigenvalue weighted by Gasteiger charge is -2.25. The quantitative estimate of drug-likeness (QED) is 0.859. The van der Waals surface area contributed by atoms with Crippen molar-refractivity contribution in [1.82, 2.24) is 5.32 Å². The molecule has 19 heavy (non-hydrogen) atoms. The van der Waals surface area contributed by atoms with Gasteiger partial charge in [-0.2, -0.15) is 0 Å². The number of carboxylic acid groups (broad SMARTS) is 1. The fourth-order valence-electron chi connectivity index (χ4n) is 1.98. The summed E-state index contributed by atoms with van der Waals surface area (Å²) in [7, 11) is 0. The van der Waals surface area contributed by atoms with Crippen LogP contribution in [0, 0.1) is 12.3 Å². The predicted molar refractivity (Wildman–Crippen MR) is 71.0 cm³/mol. The minimum absolute atomic E-state index is 0.0639. The van der Waals surface area contributed by atoms with E-state index in [-0.39, 0.29) is 23.5 Å². The Bertz CT molecular complexity index is 456. The molecule has 0 saturated heterocycles. The van der Waals surface area contributed by atoms with Gasteiger partial charge in [0, 0.05) is 11.6 Å². The van der Waals surface area contributed by atoms with Gasteiger partial charge in [0.25, 0.3) is 5.91 Å². The Hall–Kier alpha value is -1.78. The van der Waals surface area contributed by atoms with Crippen molar-refractivity contribution in [3.05, 3.63) is 23.7 Å². The monoisotopic (exact) mass is 267 g/mol. The van der Waals surface area contributed by atoms with Crippen molar-refractivity contribution in [2.75, 3.05) is 0 Å². The molecule has 1 amide bonds. The number of rotatable bonds is 5. The minimum atomic E-state index is -0.925. The first-order chi connectivity index (χ1) is 8.69. The second-order valence-electron chi connectivity index (χ2n) is 5.97. The number of carboxylic acids is 1. The molecule has 0 spiro atoms. The summed E-state index contributed by atoms with van der Waals surface area (Å²) < 4.78 is 5.10. The molecule has 0 saturated carbocycles. The summed E-state index contributed by atoms with van der Waals surface area (Å²) in [5.41, 5.74) is 0.674. The zero-order chi connectivity index (χ0) is 14.6. The summed E-state index contributed by atoms with van der Waals surface area (Å²) in [6.07, 6.45) is 1.94. The minimum Gasteiger partial charge on any atom is -0.481 e. The molecule has 0 radical (unpaired) electrons. The van der Waals surface area contributed by atoms with E-state index in [9.17, 15) is 9.59 Å². The van der Waals surface area contributed by atoms with E-state index in [2.05, 4.69) is 5.32 Å². The van der Waals surface area contributed by atoms with Crippen molar-refractivity contribution in [3.8, 4) is 0 Å².